The Balaban J connectivity index is 1.32. The first-order chi connectivity index (χ1) is 22.2. The van der Waals surface area contributed by atoms with Gasteiger partial charge in [-0.3, -0.25) is 4.57 Å². The minimum Gasteiger partial charge on any atom is -0.457 e. The number of benzene rings is 4. The van der Waals surface area contributed by atoms with Crippen molar-refractivity contribution in [3.63, 3.8) is 0 Å². The third kappa shape index (κ3) is 5.26. The van der Waals surface area contributed by atoms with Gasteiger partial charge < -0.3 is 4.74 Å². The van der Waals surface area contributed by atoms with Gasteiger partial charge in [-0.15, -0.1) is 0 Å². The van der Waals surface area contributed by atoms with Gasteiger partial charge >= 0.3 is 0 Å². The van der Waals surface area contributed by atoms with E-state index in [2.05, 4.69) is 154 Å². The molecule has 0 saturated heterocycles. The van der Waals surface area contributed by atoms with Crippen molar-refractivity contribution in [2.75, 3.05) is 0 Å². The number of aromatic nitrogens is 4. The number of hydrogen-bond acceptors (Lipinski definition) is 3. The topological polar surface area (TPSA) is 44.9 Å². The Morgan fingerprint density at radius 1 is 0.717 bits per heavy atom. The second-order valence-electron chi connectivity index (χ2n) is 13.0. The maximum atomic E-state index is 6.64. The van der Waals surface area contributed by atoms with E-state index in [4.69, 9.17) is 14.8 Å². The van der Waals surface area contributed by atoms with Crippen molar-refractivity contribution in [2.24, 2.45) is 0 Å². The zero-order valence-electron chi connectivity index (χ0n) is 27.5. The average Bonchev–Trinajstić information content (AvgIpc) is 3.60. The highest BCUT2D eigenvalue weighted by Gasteiger charge is 2.20. The number of nitrogens with zero attached hydrogens (tertiary/aromatic N) is 4. The lowest BCUT2D eigenvalue weighted by Crippen LogP contribution is -2.12. The summed E-state index contributed by atoms with van der Waals surface area (Å²) in [5.74, 6) is 2.46. The van der Waals surface area contributed by atoms with Crippen molar-refractivity contribution >= 4 is 21.8 Å². The Hall–Kier alpha value is -5.16. The van der Waals surface area contributed by atoms with Crippen molar-refractivity contribution < 1.29 is 4.74 Å². The van der Waals surface area contributed by atoms with Crippen molar-refractivity contribution in [1.82, 2.24) is 19.3 Å². The summed E-state index contributed by atoms with van der Waals surface area (Å²) >= 11 is 0. The van der Waals surface area contributed by atoms with Gasteiger partial charge in [-0.25, -0.2) is 9.67 Å². The summed E-state index contributed by atoms with van der Waals surface area (Å²) < 4.78 is 11.0. The molecular weight excluding hydrogens is 564 g/mol. The van der Waals surface area contributed by atoms with E-state index in [9.17, 15) is 0 Å². The van der Waals surface area contributed by atoms with Gasteiger partial charge in [0, 0.05) is 34.7 Å². The molecule has 0 aliphatic heterocycles. The first kappa shape index (κ1) is 29.5. The van der Waals surface area contributed by atoms with Crippen LogP contribution in [0.4, 0.5) is 0 Å². The molecule has 0 fully saturated rings. The maximum Gasteiger partial charge on any atom is 0.137 e. The minimum atomic E-state index is 0.0135. The molecule has 7 rings (SSSR count). The number of para-hydroxylation sites is 1. The summed E-state index contributed by atoms with van der Waals surface area (Å²) in [4.78, 5) is 4.83. The van der Waals surface area contributed by atoms with Gasteiger partial charge in [0.05, 0.1) is 28.1 Å². The van der Waals surface area contributed by atoms with Crippen LogP contribution in [0.25, 0.3) is 44.4 Å². The largest absolute Gasteiger partial charge is 0.457 e. The quantitative estimate of drug-likeness (QED) is 0.182. The maximum absolute atomic E-state index is 6.64. The van der Waals surface area contributed by atoms with Gasteiger partial charge in [0.2, 0.25) is 0 Å². The number of ether oxygens (including phenoxy) is 1. The third-order valence-corrected chi connectivity index (χ3v) is 8.79. The van der Waals surface area contributed by atoms with Gasteiger partial charge in [0.25, 0.3) is 0 Å². The Morgan fingerprint density at radius 3 is 2.24 bits per heavy atom. The molecule has 0 atom stereocenters. The molecule has 5 nitrogen and oxygen atoms in total. The molecule has 5 heteroatoms. The van der Waals surface area contributed by atoms with Crippen molar-refractivity contribution in [3.8, 4) is 34.1 Å². The normalized spacial score (nSPS) is 11.9. The van der Waals surface area contributed by atoms with E-state index >= 15 is 0 Å². The highest BCUT2D eigenvalue weighted by atomic mass is 16.5. The van der Waals surface area contributed by atoms with Crippen molar-refractivity contribution in [3.05, 3.63) is 132 Å². The molecule has 0 unspecified atom stereocenters. The summed E-state index contributed by atoms with van der Waals surface area (Å²) in [6, 6.07) is 36.2. The monoisotopic (exact) mass is 604 g/mol. The van der Waals surface area contributed by atoms with Gasteiger partial charge in [-0.05, 0) is 84.3 Å². The first-order valence-electron chi connectivity index (χ1n) is 16.2. The molecule has 0 N–H and O–H groups in total. The second-order valence-corrected chi connectivity index (χ2v) is 13.0. The lowest BCUT2D eigenvalue weighted by atomic mass is 9.88. The van der Waals surface area contributed by atoms with Crippen LogP contribution in [0.5, 0.6) is 11.5 Å². The zero-order valence-corrected chi connectivity index (χ0v) is 27.5. The van der Waals surface area contributed by atoms with Crippen LogP contribution >= 0.6 is 0 Å². The van der Waals surface area contributed by atoms with E-state index in [0.29, 0.717) is 0 Å². The SMILES string of the molecule is CCc1nn(-c2cc(C)cc(Oc3ccc4c5ccccc5n(-c5cc(C(C)(C)C)ccn5)c4c3)c2)c(CC)c1-c1ccccc1. The number of fused-ring (bicyclic) bond motifs is 3. The van der Waals surface area contributed by atoms with E-state index in [1.54, 1.807) is 0 Å². The van der Waals surface area contributed by atoms with E-state index in [-0.39, 0.29) is 5.41 Å². The fraction of sp³-hybridized carbons (Fsp3) is 0.220. The fourth-order valence-electron chi connectivity index (χ4n) is 6.54. The summed E-state index contributed by atoms with van der Waals surface area (Å²) in [6.07, 6.45) is 3.64. The molecule has 46 heavy (non-hydrogen) atoms. The molecule has 0 bridgehead atoms. The summed E-state index contributed by atoms with van der Waals surface area (Å²) in [6.45, 7) is 13.2. The van der Waals surface area contributed by atoms with E-state index in [1.165, 1.54) is 33.2 Å². The molecule has 0 spiro atoms. The lowest BCUT2D eigenvalue weighted by molar-refractivity contribution is 0.482. The van der Waals surface area contributed by atoms with E-state index in [1.807, 2.05) is 6.20 Å². The highest BCUT2D eigenvalue weighted by Crippen LogP contribution is 2.37. The second kappa shape index (κ2) is 11.6. The number of pyridine rings is 1. The molecule has 0 saturated carbocycles. The molecule has 7 aromatic rings. The highest BCUT2D eigenvalue weighted by molar-refractivity contribution is 6.09. The Labute approximate surface area is 271 Å². The van der Waals surface area contributed by atoms with Crippen LogP contribution < -0.4 is 4.74 Å². The van der Waals surface area contributed by atoms with Crippen LogP contribution in [0.1, 0.15) is 57.1 Å². The number of hydrogen-bond donors (Lipinski definition) is 0. The van der Waals surface area contributed by atoms with Gasteiger partial charge in [0.1, 0.15) is 17.3 Å². The fourth-order valence-corrected chi connectivity index (χ4v) is 6.54. The van der Waals surface area contributed by atoms with Crippen LogP contribution in [0.3, 0.4) is 0 Å². The summed E-state index contributed by atoms with van der Waals surface area (Å²) in [7, 11) is 0. The molecule has 230 valence electrons. The van der Waals surface area contributed by atoms with Gasteiger partial charge in [-0.2, -0.15) is 5.10 Å². The molecular formula is C41H40N4O. The van der Waals surface area contributed by atoms with Crippen LogP contribution in [0.2, 0.25) is 0 Å². The lowest BCUT2D eigenvalue weighted by Gasteiger charge is -2.20. The van der Waals surface area contributed by atoms with Crippen LogP contribution in [-0.4, -0.2) is 19.3 Å². The summed E-state index contributed by atoms with van der Waals surface area (Å²) in [5.41, 5.74) is 10.3. The van der Waals surface area contributed by atoms with Gasteiger partial charge in [-0.1, -0.05) is 83.1 Å². The standard InChI is InChI=1S/C41H40N4O/c1-7-35-40(28-14-10-9-11-15-28)36(8-2)45(43-35)30-22-27(3)23-32(25-30)46-31-18-19-34-33-16-12-13-17-37(33)44(38(34)26-31)39-24-29(20-21-42-39)41(4,5)6/h9-26H,7-8H2,1-6H3. The third-order valence-electron chi connectivity index (χ3n) is 8.79. The molecule has 3 aromatic heterocycles. The Kier molecular flexibility index (Phi) is 7.48. The van der Waals surface area contributed by atoms with Gasteiger partial charge in [0.15, 0.2) is 0 Å². The molecule has 0 aliphatic carbocycles. The molecule has 0 aliphatic rings. The van der Waals surface area contributed by atoms with E-state index < -0.39 is 0 Å². The predicted molar refractivity (Wildman–Crippen MR) is 190 cm³/mol. The van der Waals surface area contributed by atoms with Crippen molar-refractivity contribution in [2.45, 2.75) is 59.8 Å². The van der Waals surface area contributed by atoms with Crippen LogP contribution in [-0.2, 0) is 18.3 Å². The Bertz CT molecular complexity index is 2200. The predicted octanol–water partition coefficient (Wildman–Crippen LogP) is 10.6. The van der Waals surface area contributed by atoms with Crippen LogP contribution in [0.15, 0.2) is 109 Å². The first-order valence-corrected chi connectivity index (χ1v) is 16.2. The summed E-state index contributed by atoms with van der Waals surface area (Å²) in [5, 5.41) is 7.48. The van der Waals surface area contributed by atoms with Crippen LogP contribution in [0, 0.1) is 6.92 Å². The molecule has 4 aromatic carbocycles. The molecule has 3 heterocycles. The Morgan fingerprint density at radius 2 is 1.48 bits per heavy atom. The smallest absolute Gasteiger partial charge is 0.137 e. The van der Waals surface area contributed by atoms with E-state index in [0.717, 1.165) is 58.1 Å². The number of aryl methyl sites for hydroxylation is 2. The minimum absolute atomic E-state index is 0.0135. The molecule has 0 radical (unpaired) electrons. The zero-order chi connectivity index (χ0) is 32.0. The van der Waals surface area contributed by atoms with Crippen molar-refractivity contribution in [1.29, 1.82) is 0 Å². The molecule has 0 amide bonds. The average molecular weight is 605 g/mol. The number of rotatable bonds is 7.